The topological polar surface area (TPSA) is 23.5 Å². The van der Waals surface area contributed by atoms with E-state index in [-0.39, 0.29) is 11.5 Å². The molecule has 0 bridgehead atoms. The lowest BCUT2D eigenvalue weighted by molar-refractivity contribution is -0.105. The second kappa shape index (κ2) is 1.49. The van der Waals surface area contributed by atoms with Crippen LogP contribution in [0.2, 0.25) is 0 Å². The molecule has 0 atom stereocenters. The average molecular weight is 119 g/mol. The van der Waals surface area contributed by atoms with Crippen molar-refractivity contribution in [2.24, 2.45) is 0 Å². The molecule has 1 N–H and O–H groups in total. The molecule has 2 heteroatoms. The number of nitrogens with zero attached hydrogens (tertiary/aromatic N) is 1. The van der Waals surface area contributed by atoms with Crippen LogP contribution in [-0.4, -0.2) is 15.8 Å². The van der Waals surface area contributed by atoms with Gasteiger partial charge >= 0.3 is 0 Å². The number of rotatable bonds is 0. The molecule has 1 rings (SSSR count). The van der Waals surface area contributed by atoms with Crippen LogP contribution in [0.15, 0.2) is 12.3 Å². The lowest BCUT2D eigenvalue weighted by atomic mass is 10.0. The van der Waals surface area contributed by atoms with Gasteiger partial charge in [0.15, 0.2) is 0 Å². The molecular weight excluding hydrogens is 102 g/mol. The minimum atomic E-state index is -2.77. The summed E-state index contributed by atoms with van der Waals surface area (Å²) in [7, 11) is 0. The van der Waals surface area contributed by atoms with Gasteiger partial charge in [0.2, 0.25) is 0 Å². The van der Waals surface area contributed by atoms with E-state index in [1.807, 2.05) is 0 Å². The molecule has 0 saturated heterocycles. The first-order chi connectivity index (χ1) is 6.13. The molecule has 46 valence electrons. The van der Waals surface area contributed by atoms with Gasteiger partial charge in [-0.25, -0.2) is 0 Å². The molecule has 0 saturated carbocycles. The van der Waals surface area contributed by atoms with Crippen molar-refractivity contribution in [1.82, 2.24) is 5.06 Å². The Morgan fingerprint density at radius 1 is 1.88 bits per heavy atom. The van der Waals surface area contributed by atoms with Crippen LogP contribution in [0.1, 0.15) is 28.3 Å². The van der Waals surface area contributed by atoms with Gasteiger partial charge in [0, 0.05) is 14.4 Å². The van der Waals surface area contributed by atoms with Crippen molar-refractivity contribution >= 4 is 0 Å². The molecule has 0 fully saturated rings. The van der Waals surface area contributed by atoms with E-state index in [0.717, 1.165) is 6.20 Å². The van der Waals surface area contributed by atoms with E-state index in [4.69, 9.17) is 8.22 Å². The minimum absolute atomic E-state index is 0.212. The first kappa shape index (κ1) is 1.74. The summed E-state index contributed by atoms with van der Waals surface area (Å²) in [4.78, 5) is 0. The van der Waals surface area contributed by atoms with E-state index in [0.29, 0.717) is 0 Å². The standard InChI is InChI=1S/C6H11NO/c1-6(2)4-3-5-7(6)8/h3,5,8H,4H2,1-2H3/i1D3,2D3. The van der Waals surface area contributed by atoms with Gasteiger partial charge in [0.1, 0.15) is 0 Å². The first-order valence-corrected chi connectivity index (χ1v) is 2.28. The third-order valence-electron chi connectivity index (χ3n) is 1.05. The average Bonchev–Trinajstić information content (AvgIpc) is 2.27. The molecule has 0 spiro atoms. The van der Waals surface area contributed by atoms with Gasteiger partial charge < -0.3 is 0 Å². The Labute approximate surface area is 57.8 Å². The molecule has 1 aliphatic heterocycles. The molecule has 0 aromatic rings. The van der Waals surface area contributed by atoms with Crippen LogP contribution in [0.5, 0.6) is 0 Å². The summed E-state index contributed by atoms with van der Waals surface area (Å²) < 4.78 is 43.2. The number of hydroxylamine groups is 2. The van der Waals surface area contributed by atoms with Crippen molar-refractivity contribution < 1.29 is 13.4 Å². The zero-order chi connectivity index (χ0) is 11.2. The monoisotopic (exact) mass is 119 g/mol. The summed E-state index contributed by atoms with van der Waals surface area (Å²) in [6, 6.07) is 0. The largest absolute Gasteiger partial charge is 0.288 e. The van der Waals surface area contributed by atoms with E-state index < -0.39 is 19.2 Å². The Morgan fingerprint density at radius 3 is 2.88 bits per heavy atom. The highest BCUT2D eigenvalue weighted by atomic mass is 16.5. The third kappa shape index (κ3) is 0.713. The molecule has 0 unspecified atom stereocenters. The van der Waals surface area contributed by atoms with Gasteiger partial charge in [-0.3, -0.25) is 10.3 Å². The van der Waals surface area contributed by atoms with E-state index in [2.05, 4.69) is 0 Å². The second-order valence-electron chi connectivity index (χ2n) is 1.79. The summed E-state index contributed by atoms with van der Waals surface area (Å²) in [6.07, 6.45) is 2.19. The Bertz CT molecular complexity index is 240. The van der Waals surface area contributed by atoms with Crippen molar-refractivity contribution in [3.05, 3.63) is 12.3 Å². The van der Waals surface area contributed by atoms with Crippen LogP contribution < -0.4 is 0 Å². The quantitative estimate of drug-likeness (QED) is 0.520. The van der Waals surface area contributed by atoms with E-state index in [1.165, 1.54) is 6.08 Å². The lowest BCUT2D eigenvalue weighted by Gasteiger charge is -2.25. The van der Waals surface area contributed by atoms with Gasteiger partial charge in [-0.15, -0.1) is 0 Å². The first-order valence-electron chi connectivity index (χ1n) is 5.28. The van der Waals surface area contributed by atoms with Gasteiger partial charge in [0.05, 0.1) is 5.54 Å². The zero-order valence-corrected chi connectivity index (χ0v) is 4.26. The normalized spacial score (nSPS) is 38.9. The van der Waals surface area contributed by atoms with Gasteiger partial charge in [-0.05, 0) is 20.1 Å². The fraction of sp³-hybridized carbons (Fsp3) is 0.667. The summed E-state index contributed by atoms with van der Waals surface area (Å²) in [5, 5.41) is 9.62. The predicted molar refractivity (Wildman–Crippen MR) is 31.5 cm³/mol. The van der Waals surface area contributed by atoms with Crippen LogP contribution in [-0.2, 0) is 0 Å². The maximum Gasteiger partial charge on any atom is 0.0643 e. The molecule has 8 heavy (non-hydrogen) atoms. The van der Waals surface area contributed by atoms with Crippen molar-refractivity contribution in [1.29, 1.82) is 0 Å². The van der Waals surface area contributed by atoms with Crippen molar-refractivity contribution in [2.75, 3.05) is 0 Å². The lowest BCUT2D eigenvalue weighted by Crippen LogP contribution is -2.33. The molecule has 0 radical (unpaired) electrons. The molecule has 0 aromatic carbocycles. The van der Waals surface area contributed by atoms with E-state index >= 15 is 0 Å². The number of hydrogen-bond donors (Lipinski definition) is 1. The minimum Gasteiger partial charge on any atom is -0.288 e. The van der Waals surface area contributed by atoms with Crippen molar-refractivity contribution in [2.45, 2.75) is 25.7 Å². The fourth-order valence-electron chi connectivity index (χ4n) is 0.544. The molecule has 1 heterocycles. The fourth-order valence-corrected chi connectivity index (χ4v) is 0.544. The van der Waals surface area contributed by atoms with E-state index in [9.17, 15) is 5.21 Å². The predicted octanol–water partition coefficient (Wildman–Crippen LogP) is 1.37. The maximum absolute atomic E-state index is 9.34. The Morgan fingerprint density at radius 2 is 2.62 bits per heavy atom. The summed E-state index contributed by atoms with van der Waals surface area (Å²) in [6.45, 7) is -5.53. The maximum atomic E-state index is 9.34. The summed E-state index contributed by atoms with van der Waals surface area (Å²) >= 11 is 0. The van der Waals surface area contributed by atoms with Crippen molar-refractivity contribution in [3.63, 3.8) is 0 Å². The zero-order valence-electron chi connectivity index (χ0n) is 10.3. The van der Waals surface area contributed by atoms with Gasteiger partial charge in [-0.2, -0.15) is 0 Å². The Kier molecular flexibility index (Phi) is 0.323. The molecule has 0 amide bonds. The highest BCUT2D eigenvalue weighted by Gasteiger charge is 2.25. The molecule has 0 aromatic heterocycles. The smallest absolute Gasteiger partial charge is 0.0643 e. The highest BCUT2D eigenvalue weighted by Crippen LogP contribution is 2.22. The SMILES string of the molecule is [2H]C([2H])([2H])C1(C([2H])([2H])[2H])CC=CN1O. The molecule has 1 aliphatic rings. The Balaban J connectivity index is 3.19. The van der Waals surface area contributed by atoms with Crippen LogP contribution in [0.4, 0.5) is 0 Å². The van der Waals surface area contributed by atoms with Crippen LogP contribution >= 0.6 is 0 Å². The summed E-state index contributed by atoms with van der Waals surface area (Å²) in [5.41, 5.74) is -2.19. The van der Waals surface area contributed by atoms with Crippen LogP contribution in [0, 0.1) is 0 Å². The third-order valence-corrected chi connectivity index (χ3v) is 1.05. The Hall–Kier alpha value is -0.500. The molecule has 2 nitrogen and oxygen atoms in total. The van der Waals surface area contributed by atoms with E-state index in [1.54, 1.807) is 0 Å². The van der Waals surface area contributed by atoms with Crippen LogP contribution in [0.3, 0.4) is 0 Å². The van der Waals surface area contributed by atoms with Crippen molar-refractivity contribution in [3.8, 4) is 0 Å². The van der Waals surface area contributed by atoms with Crippen LogP contribution in [0.25, 0.3) is 0 Å². The summed E-state index contributed by atoms with van der Waals surface area (Å²) in [5.74, 6) is 0. The number of hydrogen-bond acceptors (Lipinski definition) is 2. The second-order valence-corrected chi connectivity index (χ2v) is 1.79. The molecular formula is C6H11NO. The van der Waals surface area contributed by atoms with Gasteiger partial charge in [0.25, 0.3) is 0 Å². The highest BCUT2D eigenvalue weighted by molar-refractivity contribution is 4.99. The molecule has 0 aliphatic carbocycles. The van der Waals surface area contributed by atoms with Gasteiger partial charge in [-0.1, -0.05) is 6.08 Å².